The number of benzene rings is 1. The molecule has 2 saturated heterocycles. The van der Waals surface area contributed by atoms with Gasteiger partial charge in [-0.15, -0.1) is 0 Å². The Morgan fingerprint density at radius 1 is 1.14 bits per heavy atom. The van der Waals surface area contributed by atoms with Crippen LogP contribution in [0.1, 0.15) is 26.7 Å². The van der Waals surface area contributed by atoms with Crippen LogP contribution >= 0.6 is 23.2 Å². The smallest absolute Gasteiger partial charge is 0.165 e. The van der Waals surface area contributed by atoms with Gasteiger partial charge in [-0.25, -0.2) is 15.0 Å². The Hall–Kier alpha value is -3.18. The van der Waals surface area contributed by atoms with Crippen molar-refractivity contribution in [3.05, 3.63) is 41.0 Å². The largest absolute Gasteiger partial charge is 0.495 e. The number of hydrogen-bond donors (Lipinski definition) is 1. The van der Waals surface area contributed by atoms with Gasteiger partial charge < -0.3 is 29.2 Å². The highest BCUT2D eigenvalue weighted by Crippen LogP contribution is 2.46. The molecule has 4 heterocycles. The summed E-state index contributed by atoms with van der Waals surface area (Å²) in [4.78, 5) is 28.9. The molecule has 2 unspecified atom stereocenters. The third-order valence-corrected chi connectivity index (χ3v) is 8.35. The summed E-state index contributed by atoms with van der Waals surface area (Å²) in [6, 6.07) is 3.49. The van der Waals surface area contributed by atoms with Gasteiger partial charge in [0.25, 0.3) is 0 Å². The minimum atomic E-state index is -0.0819. The average Bonchev–Trinajstić information content (AvgIpc) is 2.97. The number of nitrogens with one attached hydrogen (secondary N) is 1. The van der Waals surface area contributed by atoms with Crippen LogP contribution in [0.15, 0.2) is 31.0 Å². The molecule has 12 heteroatoms. The van der Waals surface area contributed by atoms with Gasteiger partial charge in [-0.1, -0.05) is 29.8 Å². The first-order valence-electron chi connectivity index (χ1n) is 13.9. The Morgan fingerprint density at radius 3 is 2.48 bits per heavy atom. The second kappa shape index (κ2) is 13.0. The van der Waals surface area contributed by atoms with Crippen LogP contribution < -0.4 is 19.7 Å². The first kappa shape index (κ1) is 30.3. The van der Waals surface area contributed by atoms with E-state index in [4.69, 9.17) is 52.1 Å². The van der Waals surface area contributed by atoms with E-state index in [1.807, 2.05) is 19.9 Å². The number of aromatic nitrogens is 3. The fourth-order valence-electron chi connectivity index (χ4n) is 5.60. The number of halogens is 2. The predicted octanol–water partition coefficient (Wildman–Crippen LogP) is 5.59. The van der Waals surface area contributed by atoms with Crippen LogP contribution in [0.25, 0.3) is 22.3 Å². The van der Waals surface area contributed by atoms with Crippen LogP contribution in [-0.4, -0.2) is 79.5 Å². The Labute approximate surface area is 255 Å². The van der Waals surface area contributed by atoms with E-state index >= 15 is 0 Å². The zero-order chi connectivity index (χ0) is 30.0. The van der Waals surface area contributed by atoms with E-state index in [1.54, 1.807) is 12.3 Å². The van der Waals surface area contributed by atoms with Crippen molar-refractivity contribution in [3.63, 3.8) is 0 Å². The van der Waals surface area contributed by atoms with Gasteiger partial charge in [-0.2, -0.15) is 0 Å². The number of allylic oxidation sites excluding steroid dienone is 1. The van der Waals surface area contributed by atoms with Gasteiger partial charge in [0.05, 0.1) is 66.4 Å². The molecule has 0 bridgehead atoms. The van der Waals surface area contributed by atoms with Crippen molar-refractivity contribution < 1.29 is 23.7 Å². The highest BCUT2D eigenvalue weighted by molar-refractivity contribution is 6.41. The molecular formula is C30H35Cl2N5O5. The van der Waals surface area contributed by atoms with Crippen LogP contribution in [0.3, 0.4) is 0 Å². The summed E-state index contributed by atoms with van der Waals surface area (Å²) in [6.07, 6.45) is 4.25. The molecule has 10 nitrogen and oxygen atoms in total. The van der Waals surface area contributed by atoms with Gasteiger partial charge in [0, 0.05) is 37.6 Å². The van der Waals surface area contributed by atoms with Crippen molar-refractivity contribution >= 4 is 51.5 Å². The van der Waals surface area contributed by atoms with Crippen molar-refractivity contribution in [1.29, 1.82) is 0 Å². The number of rotatable bonds is 9. The van der Waals surface area contributed by atoms with Crippen molar-refractivity contribution in [1.82, 2.24) is 15.0 Å². The van der Waals surface area contributed by atoms with Gasteiger partial charge in [-0.05, 0) is 38.3 Å². The summed E-state index contributed by atoms with van der Waals surface area (Å²) < 4.78 is 22.7. The summed E-state index contributed by atoms with van der Waals surface area (Å²) in [6.45, 7) is 10.1. The third kappa shape index (κ3) is 6.27. The molecule has 2 aliphatic heterocycles. The predicted molar refractivity (Wildman–Crippen MR) is 164 cm³/mol. The molecule has 224 valence electrons. The van der Waals surface area contributed by atoms with E-state index in [1.165, 1.54) is 20.3 Å². The Morgan fingerprint density at radius 2 is 1.83 bits per heavy atom. The fraction of sp³-hybridized carbons (Fsp3) is 0.467. The second-order valence-corrected chi connectivity index (χ2v) is 11.4. The lowest BCUT2D eigenvalue weighted by molar-refractivity contribution is -0.116. The van der Waals surface area contributed by atoms with E-state index in [0.717, 1.165) is 11.8 Å². The number of anilines is 2. The van der Waals surface area contributed by atoms with Crippen molar-refractivity contribution in [2.75, 3.05) is 50.7 Å². The van der Waals surface area contributed by atoms with Crippen molar-refractivity contribution in [3.8, 4) is 22.9 Å². The number of hydrogen-bond acceptors (Lipinski definition) is 10. The molecule has 2 fully saturated rings. The Bertz CT molecular complexity index is 1450. The molecule has 0 amide bonds. The van der Waals surface area contributed by atoms with Crippen LogP contribution in [0.5, 0.6) is 11.5 Å². The maximum Gasteiger partial charge on any atom is 0.165 e. The minimum absolute atomic E-state index is 0.00622. The number of ketones is 1. The summed E-state index contributed by atoms with van der Waals surface area (Å²) in [7, 11) is 3.05. The van der Waals surface area contributed by atoms with Crippen molar-refractivity contribution in [2.24, 2.45) is 5.92 Å². The normalized spacial score (nSPS) is 22.6. The Kier molecular flexibility index (Phi) is 9.37. The summed E-state index contributed by atoms with van der Waals surface area (Å²) in [5.74, 6) is 2.57. The second-order valence-electron chi connectivity index (χ2n) is 10.7. The molecule has 0 saturated carbocycles. The maximum absolute atomic E-state index is 12.1. The lowest BCUT2D eigenvalue weighted by Crippen LogP contribution is -2.46. The van der Waals surface area contributed by atoms with Gasteiger partial charge in [0.1, 0.15) is 23.1 Å². The fourth-order valence-corrected chi connectivity index (χ4v) is 6.27. The molecule has 1 N–H and O–H groups in total. The molecule has 4 atom stereocenters. The monoisotopic (exact) mass is 615 g/mol. The van der Waals surface area contributed by atoms with Crippen LogP contribution in [0.2, 0.25) is 10.0 Å². The van der Waals surface area contributed by atoms with E-state index in [0.29, 0.717) is 72.8 Å². The minimum Gasteiger partial charge on any atom is -0.495 e. The first-order valence-corrected chi connectivity index (χ1v) is 14.7. The van der Waals surface area contributed by atoms with Crippen LogP contribution in [-0.2, 0) is 14.3 Å². The third-order valence-electron chi connectivity index (χ3n) is 7.60. The highest BCUT2D eigenvalue weighted by atomic mass is 35.5. The van der Waals surface area contributed by atoms with E-state index < -0.39 is 0 Å². The summed E-state index contributed by atoms with van der Waals surface area (Å²) >= 11 is 13.5. The van der Waals surface area contributed by atoms with Gasteiger partial charge in [-0.3, -0.25) is 4.79 Å². The number of pyridine rings is 1. The average molecular weight is 617 g/mol. The molecule has 0 radical (unpaired) electrons. The lowest BCUT2D eigenvalue weighted by atomic mass is 9.89. The van der Waals surface area contributed by atoms with Gasteiger partial charge >= 0.3 is 0 Å². The molecular weight excluding hydrogens is 581 g/mol. The number of methoxy groups -OCH3 is 2. The van der Waals surface area contributed by atoms with E-state index in [2.05, 4.69) is 21.8 Å². The number of nitrogens with zero attached hydrogens (tertiary/aromatic N) is 4. The SMILES string of the molecule is C=CC(=O)C[C@H]1CCOC[C@H]1Nc1cc2c(N3CC(C)OC(C)C3)nc(-c3c(Cl)c(OC)cc(OC)c3Cl)nc2cn1. The summed E-state index contributed by atoms with van der Waals surface area (Å²) in [5.41, 5.74) is 1.02. The number of fused-ring (bicyclic) bond motifs is 1. The first-order chi connectivity index (χ1) is 20.2. The molecule has 42 heavy (non-hydrogen) atoms. The van der Waals surface area contributed by atoms with E-state index in [-0.39, 0.29) is 40.0 Å². The standard InChI is InChI=1S/C30H35Cl2N5O5/c1-6-19(38)9-18-7-8-41-15-22(18)34-25-10-20-21(12-33-25)35-29(36-30(20)37-13-16(2)42-17(3)14-37)26-27(31)23(39-4)11-24(40-5)28(26)32/h6,10-12,16-18,22H,1,7-9,13-15H2,2-5H3,(H,33,34)/t16?,17?,18-,22-/m1/s1. The molecule has 0 spiro atoms. The number of carbonyl (C=O) groups is 1. The summed E-state index contributed by atoms with van der Waals surface area (Å²) in [5, 5.41) is 4.86. The molecule has 1 aromatic carbocycles. The van der Waals surface area contributed by atoms with E-state index in [9.17, 15) is 4.79 Å². The molecule has 3 aromatic rings. The van der Waals surface area contributed by atoms with Gasteiger partial charge in [0.15, 0.2) is 11.6 Å². The highest BCUT2D eigenvalue weighted by Gasteiger charge is 2.30. The molecule has 2 aromatic heterocycles. The molecule has 0 aliphatic carbocycles. The van der Waals surface area contributed by atoms with Gasteiger partial charge in [0.2, 0.25) is 0 Å². The number of ether oxygens (including phenoxy) is 4. The Balaban J connectivity index is 1.61. The van der Waals surface area contributed by atoms with Crippen LogP contribution in [0, 0.1) is 5.92 Å². The number of morpholine rings is 1. The number of carbonyl (C=O) groups excluding carboxylic acids is 1. The lowest BCUT2D eigenvalue weighted by Gasteiger charge is -2.36. The molecule has 2 aliphatic rings. The van der Waals surface area contributed by atoms with Crippen LogP contribution in [0.4, 0.5) is 11.6 Å². The zero-order valence-corrected chi connectivity index (χ0v) is 25.7. The maximum atomic E-state index is 12.1. The topological polar surface area (TPSA) is 108 Å². The zero-order valence-electron chi connectivity index (χ0n) is 24.2. The molecule has 5 rings (SSSR count). The quantitative estimate of drug-likeness (QED) is 0.306. The van der Waals surface area contributed by atoms with Crippen molar-refractivity contribution in [2.45, 2.75) is 44.9 Å².